The number of primary amides is 1. The highest BCUT2D eigenvalue weighted by atomic mass is 35.5. The predicted octanol–water partition coefficient (Wildman–Crippen LogP) is 2.09. The van der Waals surface area contributed by atoms with E-state index in [1.54, 1.807) is 18.2 Å². The Morgan fingerprint density at radius 1 is 1.36 bits per heavy atom. The SMILES string of the molecule is CON=C1CC(C(N)=O)N(C(=O)Nc2cc(Cl)cc(Cl)c2)C1. The van der Waals surface area contributed by atoms with Crippen molar-refractivity contribution in [2.75, 3.05) is 19.0 Å². The van der Waals surface area contributed by atoms with Crippen LogP contribution in [0.15, 0.2) is 23.4 Å². The number of nitrogens with two attached hydrogens (primary N) is 1. The monoisotopic (exact) mass is 344 g/mol. The van der Waals surface area contributed by atoms with E-state index in [2.05, 4.69) is 15.3 Å². The minimum Gasteiger partial charge on any atom is -0.399 e. The summed E-state index contributed by atoms with van der Waals surface area (Å²) in [5.41, 5.74) is 6.31. The number of nitrogens with one attached hydrogen (secondary N) is 1. The van der Waals surface area contributed by atoms with Gasteiger partial charge in [-0.25, -0.2) is 4.79 Å². The summed E-state index contributed by atoms with van der Waals surface area (Å²) in [5.74, 6) is -0.611. The number of benzene rings is 1. The molecule has 1 aliphatic heterocycles. The summed E-state index contributed by atoms with van der Waals surface area (Å²) in [7, 11) is 1.39. The molecule has 2 rings (SSSR count). The van der Waals surface area contributed by atoms with Gasteiger partial charge in [0.05, 0.1) is 12.3 Å². The Morgan fingerprint density at radius 2 is 2.00 bits per heavy atom. The third-order valence-corrected chi connectivity index (χ3v) is 3.52. The number of nitrogens with zero attached hydrogens (tertiary/aromatic N) is 2. The first-order valence-corrected chi connectivity index (χ1v) is 7.08. The summed E-state index contributed by atoms with van der Waals surface area (Å²) in [5, 5.41) is 7.17. The van der Waals surface area contributed by atoms with Crippen LogP contribution in [-0.2, 0) is 9.63 Å². The molecule has 1 fully saturated rings. The van der Waals surface area contributed by atoms with E-state index < -0.39 is 18.0 Å². The number of amides is 3. The lowest BCUT2D eigenvalue weighted by atomic mass is 10.2. The first-order chi connectivity index (χ1) is 10.4. The zero-order chi connectivity index (χ0) is 16.3. The Morgan fingerprint density at radius 3 is 2.55 bits per heavy atom. The molecule has 7 nitrogen and oxygen atoms in total. The molecule has 1 saturated heterocycles. The molecule has 0 aromatic heterocycles. The molecule has 3 N–H and O–H groups in total. The first kappa shape index (κ1) is 16.4. The zero-order valence-electron chi connectivity index (χ0n) is 11.7. The van der Waals surface area contributed by atoms with E-state index in [-0.39, 0.29) is 13.0 Å². The van der Waals surface area contributed by atoms with Crippen LogP contribution in [0.4, 0.5) is 10.5 Å². The van der Waals surface area contributed by atoms with Gasteiger partial charge in [0.25, 0.3) is 0 Å². The number of carbonyl (C=O) groups is 2. The summed E-state index contributed by atoms with van der Waals surface area (Å²) in [6, 6.07) is 3.37. The van der Waals surface area contributed by atoms with E-state index >= 15 is 0 Å². The largest absolute Gasteiger partial charge is 0.399 e. The fourth-order valence-corrected chi connectivity index (χ4v) is 2.71. The van der Waals surface area contributed by atoms with Gasteiger partial charge >= 0.3 is 6.03 Å². The minimum absolute atomic E-state index is 0.154. The van der Waals surface area contributed by atoms with Crippen molar-refractivity contribution in [2.24, 2.45) is 10.9 Å². The Balaban J connectivity index is 2.16. The van der Waals surface area contributed by atoms with Crippen molar-refractivity contribution < 1.29 is 14.4 Å². The number of hydrogen-bond acceptors (Lipinski definition) is 4. The highest BCUT2D eigenvalue weighted by Gasteiger charge is 2.37. The van der Waals surface area contributed by atoms with Crippen molar-refractivity contribution in [2.45, 2.75) is 12.5 Å². The van der Waals surface area contributed by atoms with Gasteiger partial charge in [0, 0.05) is 22.2 Å². The fraction of sp³-hybridized carbons (Fsp3) is 0.308. The molecule has 118 valence electrons. The molecule has 0 saturated carbocycles. The Hall–Kier alpha value is -1.99. The molecule has 0 spiro atoms. The van der Waals surface area contributed by atoms with Crippen molar-refractivity contribution in [1.29, 1.82) is 0 Å². The third-order valence-electron chi connectivity index (χ3n) is 3.08. The fourth-order valence-electron chi connectivity index (χ4n) is 2.19. The highest BCUT2D eigenvalue weighted by Crippen LogP contribution is 2.24. The molecule has 1 aliphatic rings. The molecule has 1 unspecified atom stereocenters. The zero-order valence-corrected chi connectivity index (χ0v) is 13.2. The number of halogens is 2. The molecule has 0 radical (unpaired) electrons. The van der Waals surface area contributed by atoms with Crippen molar-refractivity contribution in [3.8, 4) is 0 Å². The molecule has 1 aromatic rings. The predicted molar refractivity (Wildman–Crippen MR) is 84.2 cm³/mol. The van der Waals surface area contributed by atoms with Crippen molar-refractivity contribution in [3.63, 3.8) is 0 Å². The van der Waals surface area contributed by atoms with Crippen molar-refractivity contribution >= 4 is 46.5 Å². The normalized spacial score (nSPS) is 19.3. The van der Waals surface area contributed by atoms with Crippen LogP contribution in [0, 0.1) is 0 Å². The van der Waals surface area contributed by atoms with Gasteiger partial charge in [-0.15, -0.1) is 0 Å². The number of rotatable bonds is 3. The van der Waals surface area contributed by atoms with Gasteiger partial charge in [-0.3, -0.25) is 4.79 Å². The number of oxime groups is 1. The van der Waals surface area contributed by atoms with Crippen LogP contribution in [-0.4, -0.2) is 42.2 Å². The quantitative estimate of drug-likeness (QED) is 0.821. The summed E-state index contributed by atoms with van der Waals surface area (Å²) >= 11 is 11.8. The highest BCUT2D eigenvalue weighted by molar-refractivity contribution is 6.35. The van der Waals surface area contributed by atoms with E-state index in [0.29, 0.717) is 21.4 Å². The van der Waals surface area contributed by atoms with E-state index in [0.717, 1.165) is 0 Å². The summed E-state index contributed by atoms with van der Waals surface area (Å²) in [6.07, 6.45) is 0.243. The molecular formula is C13H14Cl2N4O3. The second-order valence-corrected chi connectivity index (χ2v) is 5.55. The maximum absolute atomic E-state index is 12.3. The van der Waals surface area contributed by atoms with Gasteiger partial charge in [0.15, 0.2) is 0 Å². The standard InChI is InChI=1S/C13H14Cl2N4O3/c1-22-18-10-5-11(12(16)20)19(6-10)13(21)17-9-3-7(14)2-8(15)4-9/h2-4,11H,5-6H2,1H3,(H2,16,20)(H,17,21). The van der Waals surface area contributed by atoms with Gasteiger partial charge in [-0.1, -0.05) is 28.4 Å². The molecule has 9 heteroatoms. The molecule has 1 heterocycles. The molecule has 0 aliphatic carbocycles. The average molecular weight is 345 g/mol. The number of likely N-dealkylation sites (tertiary alicyclic amines) is 1. The Labute approximate surface area is 137 Å². The number of carbonyl (C=O) groups excluding carboxylic acids is 2. The van der Waals surface area contributed by atoms with Crippen LogP contribution >= 0.6 is 23.2 Å². The number of hydrogen-bond donors (Lipinski definition) is 2. The molecule has 0 bridgehead atoms. The van der Waals surface area contributed by atoms with E-state index in [9.17, 15) is 9.59 Å². The second kappa shape index (κ2) is 6.85. The maximum atomic E-state index is 12.3. The van der Waals surface area contributed by atoms with Gasteiger partial charge in [0.2, 0.25) is 5.91 Å². The van der Waals surface area contributed by atoms with E-state index in [1.807, 2.05) is 0 Å². The molecule has 22 heavy (non-hydrogen) atoms. The van der Waals surface area contributed by atoms with E-state index in [4.69, 9.17) is 28.9 Å². The van der Waals surface area contributed by atoms with Crippen LogP contribution in [0.3, 0.4) is 0 Å². The summed E-state index contributed by atoms with van der Waals surface area (Å²) in [4.78, 5) is 29.8. The molecule has 1 atom stereocenters. The van der Waals surface area contributed by atoms with Crippen LogP contribution in [0.1, 0.15) is 6.42 Å². The van der Waals surface area contributed by atoms with Gasteiger partial charge in [-0.2, -0.15) is 0 Å². The van der Waals surface area contributed by atoms with Gasteiger partial charge < -0.3 is 20.8 Å². The van der Waals surface area contributed by atoms with Gasteiger partial charge in [0.1, 0.15) is 13.2 Å². The molecule has 3 amide bonds. The van der Waals surface area contributed by atoms with Gasteiger partial charge in [-0.05, 0) is 18.2 Å². The number of urea groups is 1. The average Bonchev–Trinajstić information content (AvgIpc) is 2.82. The van der Waals surface area contributed by atoms with Crippen molar-refractivity contribution in [1.82, 2.24) is 4.90 Å². The smallest absolute Gasteiger partial charge is 0.322 e. The van der Waals surface area contributed by atoms with Crippen LogP contribution in [0.2, 0.25) is 10.0 Å². The topological polar surface area (TPSA) is 97.0 Å². The van der Waals surface area contributed by atoms with Crippen LogP contribution in [0.5, 0.6) is 0 Å². The van der Waals surface area contributed by atoms with Crippen molar-refractivity contribution in [3.05, 3.63) is 28.2 Å². The lowest BCUT2D eigenvalue weighted by Crippen LogP contribution is -2.45. The lowest BCUT2D eigenvalue weighted by Gasteiger charge is -2.22. The molecular weight excluding hydrogens is 331 g/mol. The van der Waals surface area contributed by atoms with Crippen LogP contribution in [0.25, 0.3) is 0 Å². The minimum atomic E-state index is -0.774. The Kier molecular flexibility index (Phi) is 5.10. The maximum Gasteiger partial charge on any atom is 0.322 e. The first-order valence-electron chi connectivity index (χ1n) is 6.32. The van der Waals surface area contributed by atoms with E-state index in [1.165, 1.54) is 12.0 Å². The second-order valence-electron chi connectivity index (χ2n) is 4.68. The summed E-state index contributed by atoms with van der Waals surface area (Å²) in [6.45, 7) is 0.154. The van der Waals surface area contributed by atoms with Crippen LogP contribution < -0.4 is 11.1 Å². The number of anilines is 1. The Bertz CT molecular complexity index is 615. The molecule has 1 aromatic carbocycles. The third kappa shape index (κ3) is 3.80. The lowest BCUT2D eigenvalue weighted by molar-refractivity contribution is -0.121. The summed E-state index contributed by atoms with van der Waals surface area (Å²) < 4.78 is 0.